The maximum Gasteiger partial charge on any atom is 1.00 e. The minimum absolute atomic E-state index is 0. The molecule has 16 heavy (non-hydrogen) atoms. The summed E-state index contributed by atoms with van der Waals surface area (Å²) in [5.74, 6) is -2.57. The summed E-state index contributed by atoms with van der Waals surface area (Å²) < 4.78 is 4.32. The predicted molar refractivity (Wildman–Crippen MR) is 51.0 cm³/mol. The number of hydrogen-bond acceptors (Lipinski definition) is 4. The molecule has 0 aliphatic carbocycles. The number of carboxylic acids is 2. The quantitative estimate of drug-likeness (QED) is 0.238. The smallest absolute Gasteiger partial charge is 0.496 e. The molecule has 0 fully saturated rings. The molecule has 0 bridgehead atoms. The largest absolute Gasteiger partial charge is 1.00 e. The molecule has 0 aromatic rings. The summed E-state index contributed by atoms with van der Waals surface area (Å²) in [4.78, 5) is 29.3. The average molecular weight is 240 g/mol. The molecule has 2 N–H and O–H groups in total. The van der Waals surface area contributed by atoms with Crippen LogP contribution in [0.15, 0.2) is 12.7 Å². The van der Waals surface area contributed by atoms with Crippen molar-refractivity contribution in [2.24, 2.45) is 0 Å². The van der Waals surface area contributed by atoms with E-state index in [9.17, 15) is 14.4 Å². The van der Waals surface area contributed by atoms with Gasteiger partial charge in [0, 0.05) is 6.08 Å². The van der Waals surface area contributed by atoms with E-state index < -0.39 is 17.9 Å². The number of aliphatic carboxylic acids is 2. The molecule has 0 aliphatic rings. The first kappa shape index (κ1) is 20.5. The second-order valence-electron chi connectivity index (χ2n) is 2.16. The molecular weight excluding hydrogens is 227 g/mol. The molecule has 7 heteroatoms. The van der Waals surface area contributed by atoms with E-state index in [1.807, 2.05) is 0 Å². The third-order valence-electron chi connectivity index (χ3n) is 0.964. The first-order valence-corrected chi connectivity index (χ1v) is 3.96. The number of carbonyl (C=O) groups is 3. The Morgan fingerprint density at radius 2 is 1.56 bits per heavy atom. The summed E-state index contributed by atoms with van der Waals surface area (Å²) >= 11 is 0. The number of esters is 1. The minimum Gasteiger partial charge on any atom is -0.496 e. The number of carbonyl (C=O) groups excluding carboxylic acids is 1. The Morgan fingerprint density at radius 3 is 1.69 bits per heavy atom. The van der Waals surface area contributed by atoms with E-state index in [1.54, 1.807) is 0 Å². The van der Waals surface area contributed by atoms with Crippen LogP contribution < -0.4 is 29.6 Å². The van der Waals surface area contributed by atoms with Crippen LogP contribution in [0.3, 0.4) is 0 Å². The second-order valence-corrected chi connectivity index (χ2v) is 2.16. The van der Waals surface area contributed by atoms with E-state index in [2.05, 4.69) is 18.2 Å². The third-order valence-corrected chi connectivity index (χ3v) is 0.964. The Bertz CT molecular complexity index is 224. The summed E-state index contributed by atoms with van der Waals surface area (Å²) in [7, 11) is 0. The summed E-state index contributed by atoms with van der Waals surface area (Å²) in [5, 5.41) is 15.8. The van der Waals surface area contributed by atoms with E-state index in [1.165, 1.54) is 0 Å². The van der Waals surface area contributed by atoms with Gasteiger partial charge in [-0.25, -0.2) is 4.79 Å². The van der Waals surface area contributed by atoms with Gasteiger partial charge >= 0.3 is 47.5 Å². The number of hydrogen-bond donors (Lipinski definition) is 2. The van der Waals surface area contributed by atoms with Crippen LogP contribution in [0.1, 0.15) is 12.8 Å². The van der Waals surface area contributed by atoms with Gasteiger partial charge in [-0.3, -0.25) is 9.59 Å². The molecule has 6 nitrogen and oxygen atoms in total. The zero-order chi connectivity index (χ0) is 12.3. The van der Waals surface area contributed by atoms with Crippen LogP contribution in [0, 0.1) is 6.92 Å². The van der Waals surface area contributed by atoms with Gasteiger partial charge in [0.15, 0.2) is 0 Å². The Labute approximate surface area is 116 Å². The molecule has 0 aromatic carbocycles. The Morgan fingerprint density at radius 1 is 1.19 bits per heavy atom. The molecule has 0 saturated heterocycles. The molecule has 0 aliphatic heterocycles. The standard InChI is InChI=1S/C5H7O2.C4H6O4.Na/c1-3-5(6)7-4-2;5-3(6)1-2-4(7)8;/h3H,1-2,4H2;1-2H2,(H,5,6)(H,7,8);/q-1;;+1. The van der Waals surface area contributed by atoms with Gasteiger partial charge in [0.2, 0.25) is 0 Å². The van der Waals surface area contributed by atoms with Crippen molar-refractivity contribution < 1.29 is 58.9 Å². The average Bonchev–Trinajstić information content (AvgIpc) is 2.16. The van der Waals surface area contributed by atoms with Crippen LogP contribution in [0.25, 0.3) is 0 Å². The Balaban J connectivity index is -0.000000200. The summed E-state index contributed by atoms with van der Waals surface area (Å²) in [6.45, 7) is 6.63. The monoisotopic (exact) mass is 240 g/mol. The van der Waals surface area contributed by atoms with E-state index in [0.717, 1.165) is 6.08 Å². The van der Waals surface area contributed by atoms with Crippen LogP contribution in [-0.4, -0.2) is 34.7 Å². The predicted octanol–water partition coefficient (Wildman–Crippen LogP) is -2.51. The molecule has 0 saturated carbocycles. The topological polar surface area (TPSA) is 101 Å². The van der Waals surface area contributed by atoms with E-state index in [4.69, 9.17) is 10.2 Å². The molecule has 0 radical (unpaired) electrons. The fraction of sp³-hybridized carbons (Fsp3) is 0.333. The van der Waals surface area contributed by atoms with Crippen molar-refractivity contribution in [3.63, 3.8) is 0 Å². The molecule has 0 heterocycles. The maximum atomic E-state index is 10.0. The van der Waals surface area contributed by atoms with E-state index >= 15 is 0 Å². The zero-order valence-electron chi connectivity index (χ0n) is 9.14. The van der Waals surface area contributed by atoms with Gasteiger partial charge in [-0.1, -0.05) is 6.58 Å². The van der Waals surface area contributed by atoms with E-state index in [-0.39, 0.29) is 49.0 Å². The van der Waals surface area contributed by atoms with Gasteiger partial charge in [-0.2, -0.15) is 0 Å². The fourth-order valence-electron chi connectivity index (χ4n) is 0.373. The van der Waals surface area contributed by atoms with Gasteiger partial charge in [0.05, 0.1) is 12.8 Å². The first-order valence-electron chi connectivity index (χ1n) is 3.96. The SMILES string of the molecule is C=CC(=O)OC[CH2-].O=C(O)CCC(=O)O.[Na+]. The fourth-order valence-corrected chi connectivity index (χ4v) is 0.373. The molecule has 0 aromatic heterocycles. The third kappa shape index (κ3) is 23.2. The Hall–Kier alpha value is -0.850. The van der Waals surface area contributed by atoms with Gasteiger partial charge in [0.25, 0.3) is 0 Å². The van der Waals surface area contributed by atoms with Crippen LogP contribution in [0.5, 0.6) is 0 Å². The van der Waals surface area contributed by atoms with Crippen molar-refractivity contribution in [2.45, 2.75) is 12.8 Å². The normalized spacial score (nSPS) is 7.56. The maximum absolute atomic E-state index is 10.0. The van der Waals surface area contributed by atoms with Crippen LogP contribution >= 0.6 is 0 Å². The molecule has 0 unspecified atom stereocenters. The van der Waals surface area contributed by atoms with Crippen molar-refractivity contribution in [2.75, 3.05) is 6.61 Å². The van der Waals surface area contributed by atoms with Crippen molar-refractivity contribution in [1.29, 1.82) is 0 Å². The molecule has 0 amide bonds. The van der Waals surface area contributed by atoms with Crippen LogP contribution in [-0.2, 0) is 19.1 Å². The molecule has 86 valence electrons. The van der Waals surface area contributed by atoms with Crippen molar-refractivity contribution in [3.8, 4) is 0 Å². The Kier molecular flexibility index (Phi) is 18.2. The number of rotatable bonds is 5. The number of ether oxygens (including phenoxy) is 1. The molecule has 0 spiro atoms. The second kappa shape index (κ2) is 14.2. The summed E-state index contributed by atoms with van der Waals surface area (Å²) in [5.41, 5.74) is 0. The van der Waals surface area contributed by atoms with Gasteiger partial charge in [0.1, 0.15) is 0 Å². The zero-order valence-corrected chi connectivity index (χ0v) is 11.1. The molecule has 0 rings (SSSR count). The molecular formula is C9H13NaO6. The van der Waals surface area contributed by atoms with Crippen molar-refractivity contribution in [1.82, 2.24) is 0 Å². The van der Waals surface area contributed by atoms with Gasteiger partial charge in [-0.15, -0.1) is 0 Å². The van der Waals surface area contributed by atoms with Gasteiger partial charge in [-0.05, 0) is 6.61 Å². The van der Waals surface area contributed by atoms with Crippen LogP contribution in [0.2, 0.25) is 0 Å². The summed E-state index contributed by atoms with van der Waals surface area (Å²) in [6, 6.07) is 0. The number of carboxylic acid groups (broad SMARTS) is 2. The van der Waals surface area contributed by atoms with E-state index in [0.29, 0.717) is 0 Å². The van der Waals surface area contributed by atoms with Crippen molar-refractivity contribution >= 4 is 17.9 Å². The first-order chi connectivity index (χ1) is 6.93. The summed E-state index contributed by atoms with van der Waals surface area (Å²) in [6.07, 6.45) is 0.510. The van der Waals surface area contributed by atoms with Crippen LogP contribution in [0.4, 0.5) is 0 Å². The van der Waals surface area contributed by atoms with Crippen molar-refractivity contribution in [3.05, 3.63) is 19.6 Å². The molecule has 0 atom stereocenters. The van der Waals surface area contributed by atoms with Gasteiger partial charge < -0.3 is 21.9 Å². The minimum atomic E-state index is -1.08.